The molecule has 4 N–H and O–H groups in total. The monoisotopic (exact) mass is 358 g/mol. The maximum atomic E-state index is 12.9. The van der Waals surface area contributed by atoms with Crippen molar-refractivity contribution in [3.63, 3.8) is 0 Å². The number of carbonyl (C=O) groups is 2. The van der Waals surface area contributed by atoms with Gasteiger partial charge in [-0.25, -0.2) is 4.39 Å². The molecule has 0 bridgehead atoms. The van der Waals surface area contributed by atoms with Gasteiger partial charge in [-0.1, -0.05) is 11.6 Å². The van der Waals surface area contributed by atoms with Crippen molar-refractivity contribution in [3.8, 4) is 0 Å². The number of nitrogens with two attached hydrogens (primary N) is 1. The molecule has 0 atom stereocenters. The highest BCUT2D eigenvalue weighted by Gasteiger charge is 2.15. The van der Waals surface area contributed by atoms with Gasteiger partial charge in [0.2, 0.25) is 0 Å². The molecule has 0 fully saturated rings. The van der Waals surface area contributed by atoms with Gasteiger partial charge in [-0.3, -0.25) is 25.4 Å². The molecule has 126 valence electrons. The van der Waals surface area contributed by atoms with Crippen LogP contribution in [0.15, 0.2) is 48.7 Å². The Bertz CT molecular complexity index is 976. The van der Waals surface area contributed by atoms with Gasteiger partial charge in [-0.2, -0.15) is 0 Å². The minimum atomic E-state index is -0.637. The summed E-state index contributed by atoms with van der Waals surface area (Å²) >= 11 is 5.94. The lowest BCUT2D eigenvalue weighted by Crippen LogP contribution is -2.41. The lowest BCUT2D eigenvalue weighted by Gasteiger charge is -2.10. The summed E-state index contributed by atoms with van der Waals surface area (Å²) in [6.07, 6.45) is 1.31. The first-order valence-corrected chi connectivity index (χ1v) is 7.53. The van der Waals surface area contributed by atoms with Crippen molar-refractivity contribution in [3.05, 3.63) is 70.6 Å². The van der Waals surface area contributed by atoms with Crippen LogP contribution in [-0.4, -0.2) is 16.8 Å². The van der Waals surface area contributed by atoms with Gasteiger partial charge in [0, 0.05) is 22.2 Å². The molecule has 3 aromatic rings. The first kappa shape index (κ1) is 16.7. The smallest absolute Gasteiger partial charge is 0.273 e. The molecule has 0 spiro atoms. The molecule has 0 saturated carbocycles. The van der Waals surface area contributed by atoms with Crippen LogP contribution in [0.1, 0.15) is 20.7 Å². The summed E-state index contributed by atoms with van der Waals surface area (Å²) in [5, 5.41) is 0.994. The van der Waals surface area contributed by atoms with E-state index in [0.29, 0.717) is 15.9 Å². The highest BCUT2D eigenvalue weighted by molar-refractivity contribution is 6.31. The van der Waals surface area contributed by atoms with Gasteiger partial charge in [-0.15, -0.1) is 0 Å². The number of rotatable bonds is 2. The number of anilines is 1. The number of aromatic nitrogens is 1. The number of fused-ring (bicyclic) bond motifs is 1. The molecule has 6 nitrogen and oxygen atoms in total. The van der Waals surface area contributed by atoms with E-state index in [-0.39, 0.29) is 16.8 Å². The fraction of sp³-hybridized carbons (Fsp3) is 0. The molecule has 2 amide bonds. The highest BCUT2D eigenvalue weighted by Crippen LogP contribution is 2.25. The minimum Gasteiger partial charge on any atom is -0.397 e. The zero-order valence-corrected chi connectivity index (χ0v) is 13.5. The van der Waals surface area contributed by atoms with Gasteiger partial charge < -0.3 is 5.73 Å². The number of carbonyl (C=O) groups excluding carboxylic acids is 2. The maximum absolute atomic E-state index is 12.9. The summed E-state index contributed by atoms with van der Waals surface area (Å²) < 4.78 is 12.9. The topological polar surface area (TPSA) is 97.1 Å². The molecule has 0 unspecified atom stereocenters. The predicted molar refractivity (Wildman–Crippen MR) is 92.5 cm³/mol. The quantitative estimate of drug-likeness (QED) is 0.613. The Morgan fingerprint density at radius 3 is 2.44 bits per heavy atom. The molecule has 3 rings (SSSR count). The Morgan fingerprint density at radius 2 is 1.72 bits per heavy atom. The van der Waals surface area contributed by atoms with Gasteiger partial charge in [0.25, 0.3) is 11.8 Å². The SMILES string of the molecule is Nc1c(C(=O)NNC(=O)c2ccc(F)cc2)cnc2ccc(Cl)cc12. The van der Waals surface area contributed by atoms with Crippen molar-refractivity contribution in [2.45, 2.75) is 0 Å². The predicted octanol–water partition coefficient (Wildman–Crippen LogP) is 2.68. The Balaban J connectivity index is 1.77. The molecule has 0 saturated heterocycles. The van der Waals surface area contributed by atoms with Gasteiger partial charge in [0.1, 0.15) is 5.82 Å². The van der Waals surface area contributed by atoms with Crippen molar-refractivity contribution in [1.29, 1.82) is 0 Å². The molecular formula is C17H12ClFN4O2. The van der Waals surface area contributed by atoms with Gasteiger partial charge >= 0.3 is 0 Å². The summed E-state index contributed by atoms with van der Waals surface area (Å²) in [5.74, 6) is -1.69. The van der Waals surface area contributed by atoms with E-state index in [9.17, 15) is 14.0 Å². The third kappa shape index (κ3) is 3.51. The van der Waals surface area contributed by atoms with Crippen LogP contribution in [0, 0.1) is 5.82 Å². The van der Waals surface area contributed by atoms with E-state index in [1.807, 2.05) is 0 Å². The number of nitrogen functional groups attached to an aromatic ring is 1. The van der Waals surface area contributed by atoms with Crippen molar-refractivity contribution >= 4 is 40.0 Å². The van der Waals surface area contributed by atoms with Crippen molar-refractivity contribution in [1.82, 2.24) is 15.8 Å². The highest BCUT2D eigenvalue weighted by atomic mass is 35.5. The van der Waals surface area contributed by atoms with Crippen molar-refractivity contribution in [2.24, 2.45) is 0 Å². The number of amides is 2. The Hall–Kier alpha value is -3.19. The third-order valence-corrected chi connectivity index (χ3v) is 3.75. The average Bonchev–Trinajstić information content (AvgIpc) is 2.61. The van der Waals surface area contributed by atoms with E-state index in [4.69, 9.17) is 17.3 Å². The molecule has 0 aliphatic rings. The average molecular weight is 359 g/mol. The normalized spacial score (nSPS) is 10.5. The summed E-state index contributed by atoms with van der Waals surface area (Å²) in [4.78, 5) is 28.3. The lowest BCUT2D eigenvalue weighted by atomic mass is 10.1. The van der Waals surface area contributed by atoms with Crippen LogP contribution >= 0.6 is 11.6 Å². The number of hydrogen-bond donors (Lipinski definition) is 3. The van der Waals surface area contributed by atoms with Crippen LogP contribution in [0.5, 0.6) is 0 Å². The molecule has 0 aliphatic heterocycles. The third-order valence-electron chi connectivity index (χ3n) is 3.51. The van der Waals surface area contributed by atoms with E-state index < -0.39 is 17.6 Å². The first-order valence-electron chi connectivity index (χ1n) is 7.15. The van der Waals surface area contributed by atoms with Crippen LogP contribution < -0.4 is 16.6 Å². The van der Waals surface area contributed by atoms with E-state index in [2.05, 4.69) is 15.8 Å². The number of hydrogen-bond acceptors (Lipinski definition) is 4. The zero-order chi connectivity index (χ0) is 18.0. The molecular weight excluding hydrogens is 347 g/mol. The Kier molecular flexibility index (Phi) is 4.49. The molecule has 1 aromatic heterocycles. The molecule has 0 radical (unpaired) electrons. The van der Waals surface area contributed by atoms with E-state index in [0.717, 1.165) is 12.1 Å². The maximum Gasteiger partial charge on any atom is 0.273 e. The Morgan fingerprint density at radius 1 is 1.04 bits per heavy atom. The summed E-state index contributed by atoms with van der Waals surface area (Å²) in [7, 11) is 0. The van der Waals surface area contributed by atoms with Crippen molar-refractivity contribution in [2.75, 3.05) is 5.73 Å². The van der Waals surface area contributed by atoms with Gasteiger partial charge in [0.05, 0.1) is 16.8 Å². The summed E-state index contributed by atoms with van der Waals surface area (Å²) in [5.41, 5.74) is 11.6. The first-order chi connectivity index (χ1) is 12.0. The second-order valence-electron chi connectivity index (χ2n) is 5.16. The largest absolute Gasteiger partial charge is 0.397 e. The standard InChI is InChI=1S/C17H12ClFN4O2/c18-10-3-6-14-12(7-10)15(20)13(8-21-14)17(25)23-22-16(24)9-1-4-11(19)5-2-9/h1-8H,(H2,20,21)(H,22,24)(H,23,25). The van der Waals surface area contributed by atoms with Gasteiger partial charge in [0.15, 0.2) is 0 Å². The Labute approximate surface area is 146 Å². The number of nitrogens with zero attached hydrogens (tertiary/aromatic N) is 1. The fourth-order valence-electron chi connectivity index (χ4n) is 2.22. The zero-order valence-electron chi connectivity index (χ0n) is 12.7. The number of nitrogens with one attached hydrogen (secondary N) is 2. The number of halogens is 2. The van der Waals surface area contributed by atoms with E-state index in [1.54, 1.807) is 18.2 Å². The minimum absolute atomic E-state index is 0.0918. The summed E-state index contributed by atoms with van der Waals surface area (Å²) in [6, 6.07) is 9.84. The number of pyridine rings is 1. The van der Waals surface area contributed by atoms with Crippen LogP contribution in [0.3, 0.4) is 0 Å². The molecule has 0 aliphatic carbocycles. The van der Waals surface area contributed by atoms with E-state index in [1.165, 1.54) is 18.3 Å². The van der Waals surface area contributed by atoms with E-state index >= 15 is 0 Å². The van der Waals surface area contributed by atoms with Crippen LogP contribution in [0.4, 0.5) is 10.1 Å². The molecule has 25 heavy (non-hydrogen) atoms. The number of hydrazine groups is 1. The summed E-state index contributed by atoms with van der Waals surface area (Å²) in [6.45, 7) is 0. The molecule has 8 heteroatoms. The van der Waals surface area contributed by atoms with Crippen LogP contribution in [-0.2, 0) is 0 Å². The second-order valence-corrected chi connectivity index (χ2v) is 5.60. The van der Waals surface area contributed by atoms with Gasteiger partial charge in [-0.05, 0) is 42.5 Å². The van der Waals surface area contributed by atoms with Crippen LogP contribution in [0.25, 0.3) is 10.9 Å². The lowest BCUT2D eigenvalue weighted by molar-refractivity contribution is 0.0847. The fourth-order valence-corrected chi connectivity index (χ4v) is 2.39. The number of benzene rings is 2. The second kappa shape index (κ2) is 6.74. The van der Waals surface area contributed by atoms with Crippen LogP contribution in [0.2, 0.25) is 5.02 Å². The van der Waals surface area contributed by atoms with Crippen molar-refractivity contribution < 1.29 is 14.0 Å². The molecule has 1 heterocycles. The molecule has 2 aromatic carbocycles.